The Labute approximate surface area is 235 Å². The SMILES string of the molecule is N#Cc1ccc(Cn2cncc2CN(CCCc2ccccc2)C2CCN(Cc3cccc(Cl)c3)C2=O)cc1. The van der Waals surface area contributed by atoms with E-state index < -0.39 is 0 Å². The number of carbonyl (C=O) groups is 1. The average molecular weight is 538 g/mol. The molecule has 1 aromatic heterocycles. The van der Waals surface area contributed by atoms with Gasteiger partial charge in [0, 0.05) is 37.4 Å². The first-order valence-electron chi connectivity index (χ1n) is 13.4. The van der Waals surface area contributed by atoms with E-state index in [1.54, 1.807) is 0 Å². The first-order valence-corrected chi connectivity index (χ1v) is 13.8. The summed E-state index contributed by atoms with van der Waals surface area (Å²) in [4.78, 5) is 22.4. The van der Waals surface area contributed by atoms with Crippen LogP contribution in [0.2, 0.25) is 5.02 Å². The summed E-state index contributed by atoms with van der Waals surface area (Å²) in [6.45, 7) is 3.43. The average Bonchev–Trinajstić information content (AvgIpc) is 3.54. The molecule has 1 aliphatic heterocycles. The molecule has 4 aromatic rings. The quantitative estimate of drug-likeness (QED) is 0.246. The maximum atomic E-state index is 13.6. The van der Waals surface area contributed by atoms with Crippen molar-refractivity contribution in [1.82, 2.24) is 19.4 Å². The fourth-order valence-corrected chi connectivity index (χ4v) is 5.47. The van der Waals surface area contributed by atoms with E-state index in [-0.39, 0.29) is 11.9 Å². The van der Waals surface area contributed by atoms with E-state index in [1.807, 2.05) is 72.0 Å². The van der Waals surface area contributed by atoms with Crippen LogP contribution in [0.1, 0.15) is 40.8 Å². The summed E-state index contributed by atoms with van der Waals surface area (Å²) in [6.07, 6.45) is 6.48. The zero-order chi connectivity index (χ0) is 27.0. The molecule has 0 N–H and O–H groups in total. The third kappa shape index (κ3) is 6.94. The number of amides is 1. The van der Waals surface area contributed by atoms with Gasteiger partial charge in [-0.2, -0.15) is 5.26 Å². The Kier molecular flexibility index (Phi) is 8.72. The van der Waals surface area contributed by atoms with Crippen molar-refractivity contribution < 1.29 is 4.79 Å². The van der Waals surface area contributed by atoms with Crippen LogP contribution < -0.4 is 0 Å². The molecule has 39 heavy (non-hydrogen) atoms. The van der Waals surface area contributed by atoms with Crippen LogP contribution in [0.4, 0.5) is 0 Å². The molecular formula is C32H32ClN5O. The number of hydrogen-bond donors (Lipinski definition) is 0. The van der Waals surface area contributed by atoms with Gasteiger partial charge in [-0.25, -0.2) is 4.98 Å². The summed E-state index contributed by atoms with van der Waals surface area (Å²) < 4.78 is 2.13. The lowest BCUT2D eigenvalue weighted by Gasteiger charge is -2.28. The van der Waals surface area contributed by atoms with Crippen molar-refractivity contribution in [2.24, 2.45) is 0 Å². The third-order valence-corrected chi connectivity index (χ3v) is 7.56. The number of benzene rings is 3. The molecule has 0 saturated carbocycles. The van der Waals surface area contributed by atoms with Crippen molar-refractivity contribution in [1.29, 1.82) is 5.26 Å². The highest BCUT2D eigenvalue weighted by atomic mass is 35.5. The summed E-state index contributed by atoms with van der Waals surface area (Å²) in [6, 6.07) is 27.9. The Hall–Kier alpha value is -3.92. The number of carbonyl (C=O) groups excluding carboxylic acids is 1. The first-order chi connectivity index (χ1) is 19.1. The van der Waals surface area contributed by atoms with Crippen LogP contribution in [0.5, 0.6) is 0 Å². The summed E-state index contributed by atoms with van der Waals surface area (Å²) in [5.41, 5.74) is 5.18. The van der Waals surface area contributed by atoms with E-state index in [0.29, 0.717) is 30.2 Å². The van der Waals surface area contributed by atoms with Crippen LogP contribution in [-0.2, 0) is 30.8 Å². The summed E-state index contributed by atoms with van der Waals surface area (Å²) >= 11 is 6.19. The highest BCUT2D eigenvalue weighted by Crippen LogP contribution is 2.24. The molecule has 0 aliphatic carbocycles. The molecule has 1 aliphatic rings. The van der Waals surface area contributed by atoms with E-state index in [1.165, 1.54) is 5.56 Å². The smallest absolute Gasteiger partial charge is 0.240 e. The molecule has 0 spiro atoms. The number of halogens is 1. The second-order valence-electron chi connectivity index (χ2n) is 10.1. The number of nitrogens with zero attached hydrogens (tertiary/aromatic N) is 5. The number of hydrogen-bond acceptors (Lipinski definition) is 4. The Morgan fingerprint density at radius 3 is 2.54 bits per heavy atom. The van der Waals surface area contributed by atoms with Crippen LogP contribution in [0.25, 0.3) is 0 Å². The molecule has 0 bridgehead atoms. The molecule has 1 fully saturated rings. The minimum absolute atomic E-state index is 0.168. The van der Waals surface area contributed by atoms with E-state index in [4.69, 9.17) is 16.9 Å². The van der Waals surface area contributed by atoms with E-state index in [0.717, 1.165) is 49.2 Å². The predicted molar refractivity (Wildman–Crippen MR) is 153 cm³/mol. The fourth-order valence-electron chi connectivity index (χ4n) is 5.26. The van der Waals surface area contributed by atoms with Gasteiger partial charge >= 0.3 is 0 Å². The molecule has 6 nitrogen and oxygen atoms in total. The molecule has 7 heteroatoms. The molecule has 2 heterocycles. The Morgan fingerprint density at radius 1 is 0.974 bits per heavy atom. The van der Waals surface area contributed by atoms with Crippen LogP contribution >= 0.6 is 11.6 Å². The third-order valence-electron chi connectivity index (χ3n) is 7.33. The second-order valence-corrected chi connectivity index (χ2v) is 10.5. The van der Waals surface area contributed by atoms with Crippen LogP contribution in [-0.4, -0.2) is 44.4 Å². The standard InChI is InChI=1S/C32H32ClN5O/c33-29-10-4-8-28(18-29)22-37-17-15-31(32(37)39)36(16-5-9-25-6-2-1-3-7-25)23-30-20-35-24-38(30)21-27-13-11-26(19-34)12-14-27/h1-4,6-8,10-14,18,20,24,31H,5,9,15-17,21-23H2. The second kappa shape index (κ2) is 12.8. The van der Waals surface area contributed by atoms with Crippen molar-refractivity contribution in [3.8, 4) is 6.07 Å². The number of aromatic nitrogens is 2. The van der Waals surface area contributed by atoms with Gasteiger partial charge in [0.25, 0.3) is 0 Å². The normalized spacial score (nSPS) is 15.2. The number of rotatable bonds is 11. The van der Waals surface area contributed by atoms with Crippen molar-refractivity contribution in [3.63, 3.8) is 0 Å². The van der Waals surface area contributed by atoms with E-state index in [9.17, 15) is 4.79 Å². The van der Waals surface area contributed by atoms with E-state index >= 15 is 0 Å². The first kappa shape index (κ1) is 26.7. The lowest BCUT2D eigenvalue weighted by Crippen LogP contribution is -2.42. The fraction of sp³-hybridized carbons (Fsp3) is 0.281. The van der Waals surface area contributed by atoms with Crippen molar-refractivity contribution in [2.45, 2.75) is 44.9 Å². The predicted octanol–water partition coefficient (Wildman–Crippen LogP) is 5.69. The maximum absolute atomic E-state index is 13.6. The number of aryl methyl sites for hydroxylation is 1. The number of nitriles is 1. The van der Waals surface area contributed by atoms with Gasteiger partial charge in [-0.3, -0.25) is 9.69 Å². The summed E-state index contributed by atoms with van der Waals surface area (Å²) in [5.74, 6) is 0.174. The van der Waals surface area contributed by atoms with Gasteiger partial charge in [0.2, 0.25) is 5.91 Å². The molecular weight excluding hydrogens is 506 g/mol. The van der Waals surface area contributed by atoms with Gasteiger partial charge in [-0.15, -0.1) is 0 Å². The number of imidazole rings is 1. The van der Waals surface area contributed by atoms with Gasteiger partial charge in [0.15, 0.2) is 0 Å². The molecule has 3 aromatic carbocycles. The zero-order valence-electron chi connectivity index (χ0n) is 21.9. The Morgan fingerprint density at radius 2 is 1.77 bits per heavy atom. The Balaban J connectivity index is 1.30. The molecule has 0 radical (unpaired) electrons. The lowest BCUT2D eigenvalue weighted by molar-refractivity contribution is -0.132. The van der Waals surface area contributed by atoms with Crippen molar-refractivity contribution >= 4 is 17.5 Å². The molecule has 1 saturated heterocycles. The van der Waals surface area contributed by atoms with Gasteiger partial charge in [0.1, 0.15) is 0 Å². The minimum atomic E-state index is -0.168. The van der Waals surface area contributed by atoms with Gasteiger partial charge in [-0.05, 0) is 66.8 Å². The monoisotopic (exact) mass is 537 g/mol. The highest BCUT2D eigenvalue weighted by molar-refractivity contribution is 6.30. The summed E-state index contributed by atoms with van der Waals surface area (Å²) in [7, 11) is 0. The molecule has 1 amide bonds. The maximum Gasteiger partial charge on any atom is 0.240 e. The zero-order valence-corrected chi connectivity index (χ0v) is 22.7. The molecule has 198 valence electrons. The van der Waals surface area contributed by atoms with Crippen molar-refractivity contribution in [3.05, 3.63) is 124 Å². The van der Waals surface area contributed by atoms with E-state index in [2.05, 4.69) is 44.8 Å². The van der Waals surface area contributed by atoms with Crippen LogP contribution in [0.15, 0.2) is 91.4 Å². The molecule has 1 unspecified atom stereocenters. The molecule has 5 rings (SSSR count). The lowest BCUT2D eigenvalue weighted by atomic mass is 10.1. The van der Waals surface area contributed by atoms with Gasteiger partial charge in [0.05, 0.1) is 29.7 Å². The van der Waals surface area contributed by atoms with Gasteiger partial charge < -0.3 is 9.47 Å². The largest absolute Gasteiger partial charge is 0.337 e. The Bertz CT molecular complexity index is 1430. The minimum Gasteiger partial charge on any atom is -0.337 e. The summed E-state index contributed by atoms with van der Waals surface area (Å²) in [5, 5.41) is 9.79. The molecule has 1 atom stereocenters. The number of likely N-dealkylation sites (tertiary alicyclic amines) is 1. The van der Waals surface area contributed by atoms with Crippen LogP contribution in [0.3, 0.4) is 0 Å². The highest BCUT2D eigenvalue weighted by Gasteiger charge is 2.36. The van der Waals surface area contributed by atoms with Gasteiger partial charge in [-0.1, -0.05) is 66.2 Å². The topological polar surface area (TPSA) is 65.2 Å². The van der Waals surface area contributed by atoms with Crippen LogP contribution in [0, 0.1) is 11.3 Å². The van der Waals surface area contributed by atoms with Crippen molar-refractivity contribution in [2.75, 3.05) is 13.1 Å².